The van der Waals surface area contributed by atoms with Gasteiger partial charge in [-0.05, 0) is 0 Å². The molecule has 0 aromatic carbocycles. The first-order chi connectivity index (χ1) is 5.74. The van der Waals surface area contributed by atoms with Gasteiger partial charge in [0.1, 0.15) is 6.10 Å². The van der Waals surface area contributed by atoms with Crippen molar-refractivity contribution in [2.24, 2.45) is 0 Å². The number of rotatable bonds is 5. The second-order valence-corrected chi connectivity index (χ2v) is 3.33. The Balaban J connectivity index is 4.03. The van der Waals surface area contributed by atoms with Crippen LogP contribution in [0.5, 0.6) is 0 Å². The molecule has 1 atom stereocenters. The van der Waals surface area contributed by atoms with Crippen molar-refractivity contribution in [2.45, 2.75) is 13.0 Å². The van der Waals surface area contributed by atoms with Crippen LogP contribution in [0.3, 0.4) is 0 Å². The second kappa shape index (κ2) is 4.59. The Morgan fingerprint density at radius 2 is 2.00 bits per heavy atom. The number of phosphoric ester groups is 1. The highest BCUT2D eigenvalue weighted by atomic mass is 31.2. The Kier molecular flexibility index (Phi) is 4.38. The lowest BCUT2D eigenvalue weighted by Crippen LogP contribution is -2.32. The molecule has 0 unspecified atom stereocenters. The maximum absolute atomic E-state index is 10.6. The van der Waals surface area contributed by atoms with E-state index in [2.05, 4.69) is 4.52 Å². The third-order valence-corrected chi connectivity index (χ3v) is 1.51. The van der Waals surface area contributed by atoms with Crippen LogP contribution in [0.1, 0.15) is 6.92 Å². The smallest absolute Gasteiger partial charge is 0.228 e. The molecule has 13 heavy (non-hydrogen) atoms. The first-order valence-corrected chi connectivity index (χ1v) is 4.59. The lowest BCUT2D eigenvalue weighted by atomic mass is 10.2. The number of carbonyl (C=O) groups excluding carboxylic acids is 2. The van der Waals surface area contributed by atoms with Crippen molar-refractivity contribution in [1.82, 2.24) is 0 Å². The van der Waals surface area contributed by atoms with Crippen molar-refractivity contribution in [3.63, 3.8) is 0 Å². The number of Topliss-reactive ketones (excluding diaryl/α,β-unsaturated/α-hetero) is 2. The largest absolute Gasteiger partial charge is 0.790 e. The van der Waals surface area contributed by atoms with Crippen molar-refractivity contribution < 1.29 is 33.6 Å². The summed E-state index contributed by atoms with van der Waals surface area (Å²) in [7, 11) is -5.21. The van der Waals surface area contributed by atoms with Gasteiger partial charge in [-0.1, -0.05) is 0 Å². The number of aliphatic hydroxyl groups excluding tert-OH is 1. The van der Waals surface area contributed by atoms with Gasteiger partial charge in [0.05, 0.1) is 14.4 Å². The fourth-order valence-corrected chi connectivity index (χ4v) is 0.796. The molecule has 0 saturated carbocycles. The maximum atomic E-state index is 10.6. The van der Waals surface area contributed by atoms with Crippen LogP contribution >= 0.6 is 7.82 Å². The molecule has 0 amide bonds. The molecule has 0 radical (unpaired) electrons. The molecule has 0 heterocycles. The molecule has 0 spiro atoms. The highest BCUT2D eigenvalue weighted by Crippen LogP contribution is 2.24. The predicted octanol–water partition coefficient (Wildman–Crippen LogP) is -2.65. The summed E-state index contributed by atoms with van der Waals surface area (Å²) >= 11 is 0. The van der Waals surface area contributed by atoms with Crippen molar-refractivity contribution in [2.75, 3.05) is 6.61 Å². The lowest BCUT2D eigenvalue weighted by molar-refractivity contribution is -0.342. The first-order valence-electron chi connectivity index (χ1n) is 3.13. The molecular formula is C5H7O7P-2. The summed E-state index contributed by atoms with van der Waals surface area (Å²) in [5.41, 5.74) is 0. The SMILES string of the molecule is CC(=O)C(=O)[C@@H](O)COP(=O)([O-])[O-]. The summed E-state index contributed by atoms with van der Waals surface area (Å²) in [5, 5.41) is 8.76. The number of hydrogen-bond donors (Lipinski definition) is 1. The van der Waals surface area contributed by atoms with Crippen molar-refractivity contribution >= 4 is 19.4 Å². The highest BCUT2D eigenvalue weighted by Gasteiger charge is 2.19. The molecule has 0 aliphatic carbocycles. The monoisotopic (exact) mass is 210 g/mol. The molecule has 8 heteroatoms. The summed E-state index contributed by atoms with van der Waals surface area (Å²) in [4.78, 5) is 40.6. The Labute approximate surface area is 73.6 Å². The number of carbonyl (C=O) groups is 2. The number of ketones is 2. The van der Waals surface area contributed by atoms with Gasteiger partial charge in [0, 0.05) is 6.92 Å². The summed E-state index contributed by atoms with van der Waals surface area (Å²) in [6.07, 6.45) is -1.91. The zero-order valence-corrected chi connectivity index (χ0v) is 7.52. The average molecular weight is 210 g/mol. The summed E-state index contributed by atoms with van der Waals surface area (Å²) in [6.45, 7) is -0.123. The molecule has 1 N–H and O–H groups in total. The van der Waals surface area contributed by atoms with E-state index in [1.807, 2.05) is 0 Å². The van der Waals surface area contributed by atoms with Crippen LogP contribution in [0, 0.1) is 0 Å². The van der Waals surface area contributed by atoms with E-state index in [-0.39, 0.29) is 0 Å². The molecule has 0 aromatic rings. The van der Waals surface area contributed by atoms with Crippen LogP contribution in [-0.4, -0.2) is 29.4 Å². The van der Waals surface area contributed by atoms with Gasteiger partial charge in [-0.25, -0.2) is 0 Å². The van der Waals surface area contributed by atoms with E-state index in [4.69, 9.17) is 5.11 Å². The minimum Gasteiger partial charge on any atom is -0.790 e. The van der Waals surface area contributed by atoms with Crippen molar-refractivity contribution in [3.05, 3.63) is 0 Å². The van der Waals surface area contributed by atoms with E-state index in [1.165, 1.54) is 0 Å². The topological polar surface area (TPSA) is 127 Å². The fraction of sp³-hybridized carbons (Fsp3) is 0.600. The third kappa shape index (κ3) is 5.62. The highest BCUT2D eigenvalue weighted by molar-refractivity contribution is 7.43. The van der Waals surface area contributed by atoms with E-state index >= 15 is 0 Å². The summed E-state index contributed by atoms with van der Waals surface area (Å²) in [6, 6.07) is 0. The van der Waals surface area contributed by atoms with Crippen molar-refractivity contribution in [3.8, 4) is 0 Å². The summed E-state index contributed by atoms with van der Waals surface area (Å²) < 4.78 is 13.5. The van der Waals surface area contributed by atoms with E-state index < -0.39 is 32.1 Å². The second-order valence-electron chi connectivity index (χ2n) is 2.18. The minimum atomic E-state index is -5.21. The van der Waals surface area contributed by atoms with E-state index in [9.17, 15) is 23.9 Å². The zero-order valence-electron chi connectivity index (χ0n) is 6.63. The molecule has 76 valence electrons. The molecule has 0 rings (SSSR count). The van der Waals surface area contributed by atoms with Gasteiger partial charge in [0.15, 0.2) is 5.78 Å². The Morgan fingerprint density at radius 3 is 2.31 bits per heavy atom. The predicted molar refractivity (Wildman–Crippen MR) is 35.3 cm³/mol. The Bertz CT molecular complexity index is 254. The molecule has 0 aromatic heterocycles. The molecule has 0 aliphatic heterocycles. The van der Waals surface area contributed by atoms with Gasteiger partial charge in [-0.2, -0.15) is 0 Å². The van der Waals surface area contributed by atoms with Crippen LogP contribution in [0.4, 0.5) is 0 Å². The fourth-order valence-electron chi connectivity index (χ4n) is 0.472. The number of phosphoric acid groups is 1. The molecule has 0 bridgehead atoms. The third-order valence-electron chi connectivity index (χ3n) is 1.04. The number of hydrogen-bond acceptors (Lipinski definition) is 7. The standard InChI is InChI=1S/C5H9O7P/c1-3(6)5(8)4(7)2-12-13(9,10)11/h4,7H,2H2,1H3,(H2,9,10,11)/p-2/t4-/m0/s1. The molecule has 0 fully saturated rings. The van der Waals surface area contributed by atoms with Gasteiger partial charge in [-0.15, -0.1) is 0 Å². The van der Waals surface area contributed by atoms with Crippen molar-refractivity contribution in [1.29, 1.82) is 0 Å². The minimum absolute atomic E-state index is 0.902. The van der Waals surface area contributed by atoms with Gasteiger partial charge >= 0.3 is 0 Å². The van der Waals surface area contributed by atoms with Gasteiger partial charge in [0.25, 0.3) is 0 Å². The maximum Gasteiger partial charge on any atom is 0.228 e. The van der Waals surface area contributed by atoms with Crippen LogP contribution < -0.4 is 9.79 Å². The van der Waals surface area contributed by atoms with Gasteiger partial charge in [-0.3, -0.25) is 9.59 Å². The normalized spacial score (nSPS) is 13.8. The van der Waals surface area contributed by atoms with E-state index in [0.717, 1.165) is 6.92 Å². The Morgan fingerprint density at radius 1 is 1.54 bits per heavy atom. The lowest BCUT2D eigenvalue weighted by Gasteiger charge is -2.29. The van der Waals surface area contributed by atoms with Gasteiger partial charge < -0.3 is 24.0 Å². The first kappa shape index (κ1) is 12.4. The zero-order chi connectivity index (χ0) is 10.6. The van der Waals surface area contributed by atoms with Crippen LogP contribution in [0.2, 0.25) is 0 Å². The van der Waals surface area contributed by atoms with Gasteiger partial charge in [0.2, 0.25) is 5.78 Å². The molecule has 0 saturated heterocycles. The number of aliphatic hydroxyl groups is 1. The quantitative estimate of drug-likeness (QED) is 0.387. The Hall–Kier alpha value is -0.590. The molecular weight excluding hydrogens is 203 g/mol. The van der Waals surface area contributed by atoms with E-state index in [1.54, 1.807) is 0 Å². The van der Waals surface area contributed by atoms with E-state index in [0.29, 0.717) is 0 Å². The van der Waals surface area contributed by atoms with Crippen LogP contribution in [0.25, 0.3) is 0 Å². The van der Waals surface area contributed by atoms with Crippen LogP contribution in [0.15, 0.2) is 0 Å². The van der Waals surface area contributed by atoms with Crippen LogP contribution in [-0.2, 0) is 18.7 Å². The average Bonchev–Trinajstić information content (AvgIpc) is 1.97. The molecule has 0 aliphatic rings. The molecule has 7 nitrogen and oxygen atoms in total. The summed E-state index contributed by atoms with van der Waals surface area (Å²) in [5.74, 6) is -2.14.